The maximum Gasteiger partial charge on any atom is 0.326 e. The van der Waals surface area contributed by atoms with Crippen LogP contribution in [0, 0.1) is 11.8 Å². The highest BCUT2D eigenvalue weighted by atomic mass is 16.4. The predicted octanol–water partition coefficient (Wildman–Crippen LogP) is 1.84. The first-order valence-corrected chi connectivity index (χ1v) is 13.8. The largest absolute Gasteiger partial charge is 0.508 e. The van der Waals surface area contributed by atoms with Gasteiger partial charge in [0.2, 0.25) is 17.7 Å². The van der Waals surface area contributed by atoms with Crippen LogP contribution in [0.5, 0.6) is 11.5 Å². The standard InChI is InChI=1S/C30H42N4O7/c1-5-18(4)26(29(39)33-25(30(40)41)16-20-8-12-22(36)13-9-20)34-28(38)24(15-19-6-10-21(35)11-7-19)32-27(37)23(31)14-17(2)3/h6-13,17-18,23-26,35-36H,5,14-16,31H2,1-4H3,(H,32,37)(H,33,39)(H,34,38)(H,40,41). The van der Waals surface area contributed by atoms with Gasteiger partial charge in [0, 0.05) is 12.8 Å². The molecule has 0 saturated carbocycles. The number of carboxylic acid groups (broad SMARTS) is 1. The number of carboxylic acids is 1. The van der Waals surface area contributed by atoms with E-state index in [-0.39, 0.29) is 36.2 Å². The lowest BCUT2D eigenvalue weighted by molar-refractivity contribution is -0.142. The Bertz CT molecular complexity index is 1170. The number of carbonyl (C=O) groups is 4. The predicted molar refractivity (Wildman–Crippen MR) is 154 cm³/mol. The highest BCUT2D eigenvalue weighted by Crippen LogP contribution is 2.15. The molecule has 0 heterocycles. The van der Waals surface area contributed by atoms with Crippen LogP contribution in [-0.2, 0) is 32.0 Å². The average Bonchev–Trinajstić information content (AvgIpc) is 2.92. The molecule has 11 nitrogen and oxygen atoms in total. The van der Waals surface area contributed by atoms with Crippen molar-refractivity contribution >= 4 is 23.7 Å². The maximum atomic E-state index is 13.5. The van der Waals surface area contributed by atoms with E-state index >= 15 is 0 Å². The van der Waals surface area contributed by atoms with E-state index in [9.17, 15) is 34.5 Å². The zero-order valence-electron chi connectivity index (χ0n) is 24.0. The molecule has 0 aromatic heterocycles. The van der Waals surface area contributed by atoms with Crippen molar-refractivity contribution in [3.63, 3.8) is 0 Å². The molecule has 224 valence electrons. The first-order valence-electron chi connectivity index (χ1n) is 13.8. The van der Waals surface area contributed by atoms with Crippen molar-refractivity contribution in [3.05, 3.63) is 59.7 Å². The molecular weight excluding hydrogens is 528 g/mol. The monoisotopic (exact) mass is 570 g/mol. The minimum Gasteiger partial charge on any atom is -0.508 e. The number of nitrogens with one attached hydrogen (secondary N) is 3. The Morgan fingerprint density at radius 2 is 1.20 bits per heavy atom. The third-order valence-electron chi connectivity index (χ3n) is 6.86. The fourth-order valence-corrected chi connectivity index (χ4v) is 4.26. The minimum absolute atomic E-state index is 0.0309. The van der Waals surface area contributed by atoms with Gasteiger partial charge >= 0.3 is 5.97 Å². The summed E-state index contributed by atoms with van der Waals surface area (Å²) in [7, 11) is 0. The Morgan fingerprint density at radius 3 is 1.63 bits per heavy atom. The molecule has 5 unspecified atom stereocenters. The Morgan fingerprint density at radius 1 is 0.732 bits per heavy atom. The number of hydrogen-bond donors (Lipinski definition) is 7. The van der Waals surface area contributed by atoms with Crippen LogP contribution in [0.4, 0.5) is 0 Å². The Hall–Kier alpha value is -4.12. The van der Waals surface area contributed by atoms with E-state index in [1.54, 1.807) is 31.2 Å². The summed E-state index contributed by atoms with van der Waals surface area (Å²) >= 11 is 0. The molecule has 0 radical (unpaired) electrons. The number of rotatable bonds is 15. The normalized spacial score (nSPS) is 14.8. The number of phenolic OH excluding ortho intramolecular Hbond substituents is 2. The SMILES string of the molecule is CCC(C)C(NC(=O)C(Cc1ccc(O)cc1)NC(=O)C(N)CC(C)C)C(=O)NC(Cc1ccc(O)cc1)C(=O)O. The molecule has 0 aliphatic rings. The van der Waals surface area contributed by atoms with Crippen molar-refractivity contribution in [1.82, 2.24) is 16.0 Å². The van der Waals surface area contributed by atoms with Crippen molar-refractivity contribution in [2.75, 3.05) is 0 Å². The lowest BCUT2D eigenvalue weighted by Crippen LogP contribution is -2.59. The molecule has 41 heavy (non-hydrogen) atoms. The fraction of sp³-hybridized carbons (Fsp3) is 0.467. The van der Waals surface area contributed by atoms with Crippen molar-refractivity contribution in [2.24, 2.45) is 17.6 Å². The summed E-state index contributed by atoms with van der Waals surface area (Å²) in [6.45, 7) is 7.44. The van der Waals surface area contributed by atoms with Crippen LogP contribution in [-0.4, -0.2) is 63.2 Å². The van der Waals surface area contributed by atoms with Crippen LogP contribution in [0.25, 0.3) is 0 Å². The molecule has 0 bridgehead atoms. The Kier molecular flexibility index (Phi) is 12.6. The lowest BCUT2D eigenvalue weighted by atomic mass is 9.96. The summed E-state index contributed by atoms with van der Waals surface area (Å²) in [6.07, 6.45) is 0.951. The topological polar surface area (TPSA) is 191 Å². The van der Waals surface area contributed by atoms with Crippen LogP contribution in [0.1, 0.15) is 51.7 Å². The highest BCUT2D eigenvalue weighted by molar-refractivity contribution is 5.94. The van der Waals surface area contributed by atoms with Gasteiger partial charge in [-0.1, -0.05) is 58.4 Å². The van der Waals surface area contributed by atoms with Crippen LogP contribution < -0.4 is 21.7 Å². The number of phenols is 2. The van der Waals surface area contributed by atoms with Crippen LogP contribution >= 0.6 is 0 Å². The summed E-state index contributed by atoms with van der Waals surface area (Å²) < 4.78 is 0. The van der Waals surface area contributed by atoms with Crippen molar-refractivity contribution in [1.29, 1.82) is 0 Å². The molecule has 2 aromatic carbocycles. The first kappa shape index (κ1) is 33.1. The molecular formula is C30H42N4O7. The molecule has 0 fully saturated rings. The first-order chi connectivity index (χ1) is 19.3. The Balaban J connectivity index is 2.25. The number of nitrogens with two attached hydrogens (primary N) is 1. The van der Waals surface area contributed by atoms with Gasteiger partial charge in [-0.15, -0.1) is 0 Å². The second-order valence-corrected chi connectivity index (χ2v) is 10.8. The fourth-order valence-electron chi connectivity index (χ4n) is 4.26. The molecule has 0 aliphatic heterocycles. The molecule has 5 atom stereocenters. The quantitative estimate of drug-likeness (QED) is 0.169. The molecule has 3 amide bonds. The number of carbonyl (C=O) groups excluding carboxylic acids is 3. The Labute approximate surface area is 240 Å². The lowest BCUT2D eigenvalue weighted by Gasteiger charge is -2.28. The number of aromatic hydroxyl groups is 2. The highest BCUT2D eigenvalue weighted by Gasteiger charge is 2.33. The van der Waals surface area contributed by atoms with E-state index in [2.05, 4.69) is 16.0 Å². The van der Waals surface area contributed by atoms with E-state index in [4.69, 9.17) is 5.73 Å². The van der Waals surface area contributed by atoms with E-state index < -0.39 is 47.9 Å². The van der Waals surface area contributed by atoms with Gasteiger partial charge in [-0.05, 0) is 53.6 Å². The van der Waals surface area contributed by atoms with Gasteiger partial charge in [-0.2, -0.15) is 0 Å². The molecule has 2 rings (SSSR count). The van der Waals surface area contributed by atoms with Gasteiger partial charge in [0.25, 0.3) is 0 Å². The van der Waals surface area contributed by atoms with E-state index in [0.29, 0.717) is 24.0 Å². The number of benzene rings is 2. The summed E-state index contributed by atoms with van der Waals surface area (Å²) in [4.78, 5) is 51.7. The van der Waals surface area contributed by atoms with Crippen molar-refractivity contribution < 1.29 is 34.5 Å². The maximum absolute atomic E-state index is 13.5. The van der Waals surface area contributed by atoms with Gasteiger partial charge in [-0.25, -0.2) is 4.79 Å². The number of amides is 3. The number of aliphatic carboxylic acids is 1. The van der Waals surface area contributed by atoms with E-state index in [0.717, 1.165) is 0 Å². The molecule has 2 aromatic rings. The van der Waals surface area contributed by atoms with Gasteiger partial charge in [-0.3, -0.25) is 14.4 Å². The molecule has 8 N–H and O–H groups in total. The minimum atomic E-state index is -1.28. The summed E-state index contributed by atoms with van der Waals surface area (Å²) in [5.41, 5.74) is 7.29. The number of hydrogen-bond acceptors (Lipinski definition) is 7. The summed E-state index contributed by atoms with van der Waals surface area (Å²) in [6, 6.07) is 7.85. The van der Waals surface area contributed by atoms with E-state index in [1.807, 2.05) is 20.8 Å². The van der Waals surface area contributed by atoms with Gasteiger partial charge in [0.1, 0.15) is 29.6 Å². The van der Waals surface area contributed by atoms with Crippen molar-refractivity contribution in [2.45, 2.75) is 77.5 Å². The third kappa shape index (κ3) is 10.8. The van der Waals surface area contributed by atoms with Gasteiger partial charge < -0.3 is 37.0 Å². The van der Waals surface area contributed by atoms with Gasteiger partial charge in [0.15, 0.2) is 0 Å². The second-order valence-electron chi connectivity index (χ2n) is 10.8. The summed E-state index contributed by atoms with van der Waals surface area (Å²) in [5, 5.41) is 36.8. The summed E-state index contributed by atoms with van der Waals surface area (Å²) in [5.74, 6) is -3.20. The van der Waals surface area contributed by atoms with Gasteiger partial charge in [0.05, 0.1) is 6.04 Å². The van der Waals surface area contributed by atoms with Crippen molar-refractivity contribution in [3.8, 4) is 11.5 Å². The van der Waals surface area contributed by atoms with E-state index in [1.165, 1.54) is 24.3 Å². The second kappa shape index (κ2) is 15.6. The zero-order chi connectivity index (χ0) is 30.7. The molecule has 0 saturated heterocycles. The van der Waals surface area contributed by atoms with Crippen LogP contribution in [0.3, 0.4) is 0 Å². The third-order valence-corrected chi connectivity index (χ3v) is 6.86. The molecule has 0 spiro atoms. The molecule has 0 aliphatic carbocycles. The molecule has 11 heteroatoms. The van der Waals surface area contributed by atoms with Crippen LogP contribution in [0.2, 0.25) is 0 Å². The van der Waals surface area contributed by atoms with Crippen LogP contribution in [0.15, 0.2) is 48.5 Å². The smallest absolute Gasteiger partial charge is 0.326 e. The zero-order valence-corrected chi connectivity index (χ0v) is 24.0. The average molecular weight is 571 g/mol.